The van der Waals surface area contributed by atoms with Crippen LogP contribution in [-0.4, -0.2) is 41.1 Å². The molecule has 1 aliphatic carbocycles. The molecule has 30 heavy (non-hydrogen) atoms. The number of carbonyl (C=O) groups excluding carboxylic acids is 1. The van der Waals surface area contributed by atoms with Crippen LogP contribution in [0, 0.1) is 6.92 Å². The van der Waals surface area contributed by atoms with Crippen molar-refractivity contribution in [3.05, 3.63) is 65.0 Å². The molecule has 0 atom stereocenters. The molecule has 1 saturated carbocycles. The molecular weight excluding hydrogens is 372 g/mol. The molecule has 0 bridgehead atoms. The van der Waals surface area contributed by atoms with Gasteiger partial charge < -0.3 is 10.2 Å². The quantitative estimate of drug-likeness (QED) is 0.678. The number of carbonyl (C=O) groups is 1. The fourth-order valence-electron chi connectivity index (χ4n) is 4.73. The van der Waals surface area contributed by atoms with E-state index in [9.17, 15) is 4.79 Å². The van der Waals surface area contributed by atoms with Gasteiger partial charge >= 0.3 is 0 Å². The Bertz CT molecular complexity index is 1080. The molecule has 2 fully saturated rings. The Labute approximate surface area is 177 Å². The molecule has 1 saturated heterocycles. The van der Waals surface area contributed by atoms with E-state index in [1.807, 2.05) is 37.3 Å². The Kier molecular flexibility index (Phi) is 4.99. The number of aromatic nitrogens is 2. The van der Waals surface area contributed by atoms with Gasteiger partial charge in [0.25, 0.3) is 5.91 Å². The Morgan fingerprint density at radius 1 is 0.967 bits per heavy atom. The minimum absolute atomic E-state index is 0.0629. The minimum Gasteiger partial charge on any atom is -0.322 e. The third-order valence-corrected chi connectivity index (χ3v) is 6.57. The van der Waals surface area contributed by atoms with Crippen molar-refractivity contribution >= 4 is 22.4 Å². The van der Waals surface area contributed by atoms with Gasteiger partial charge in [-0.3, -0.25) is 4.79 Å². The van der Waals surface area contributed by atoms with Crippen molar-refractivity contribution in [2.24, 2.45) is 0 Å². The van der Waals surface area contributed by atoms with Crippen molar-refractivity contribution in [2.75, 3.05) is 25.5 Å². The van der Waals surface area contributed by atoms with Crippen LogP contribution >= 0.6 is 0 Å². The van der Waals surface area contributed by atoms with E-state index in [4.69, 9.17) is 0 Å². The highest BCUT2D eigenvalue weighted by atomic mass is 16.1. The maximum Gasteiger partial charge on any atom is 0.255 e. The Balaban J connectivity index is 1.58. The van der Waals surface area contributed by atoms with Crippen molar-refractivity contribution in [1.29, 1.82) is 0 Å². The van der Waals surface area contributed by atoms with E-state index in [0.29, 0.717) is 17.4 Å². The van der Waals surface area contributed by atoms with E-state index in [2.05, 4.69) is 39.6 Å². The molecule has 3 aromatic rings. The number of nitrogens with one attached hydrogen (secondary N) is 1. The number of benzene rings is 2. The van der Waals surface area contributed by atoms with E-state index in [1.165, 1.54) is 29.2 Å². The summed E-state index contributed by atoms with van der Waals surface area (Å²) >= 11 is 0. The van der Waals surface area contributed by atoms with Crippen LogP contribution in [0.2, 0.25) is 0 Å². The number of hydrogen-bond acceptors (Lipinski definition) is 4. The van der Waals surface area contributed by atoms with Crippen LogP contribution in [0.25, 0.3) is 10.8 Å². The third kappa shape index (κ3) is 3.58. The first-order valence-corrected chi connectivity index (χ1v) is 11.0. The van der Waals surface area contributed by atoms with Gasteiger partial charge in [-0.2, -0.15) is 10.2 Å². The molecule has 5 heteroatoms. The number of rotatable bonds is 4. The zero-order valence-electron chi connectivity index (χ0n) is 17.7. The van der Waals surface area contributed by atoms with Crippen LogP contribution < -0.4 is 5.32 Å². The summed E-state index contributed by atoms with van der Waals surface area (Å²) in [7, 11) is 2.18. The fraction of sp³-hybridized carbons (Fsp3) is 0.400. The average molecular weight is 401 g/mol. The lowest BCUT2D eigenvalue weighted by Crippen LogP contribution is -2.29. The first-order chi connectivity index (χ1) is 14.6. The normalized spacial score (nSPS) is 17.9. The molecule has 1 amide bonds. The summed E-state index contributed by atoms with van der Waals surface area (Å²) in [5, 5.41) is 14.8. The smallest absolute Gasteiger partial charge is 0.255 e. The van der Waals surface area contributed by atoms with Gasteiger partial charge in [-0.1, -0.05) is 24.3 Å². The van der Waals surface area contributed by atoms with E-state index in [1.54, 1.807) is 0 Å². The summed E-state index contributed by atoms with van der Waals surface area (Å²) in [4.78, 5) is 15.2. The van der Waals surface area contributed by atoms with Crippen LogP contribution in [0.3, 0.4) is 0 Å². The predicted octanol–water partition coefficient (Wildman–Crippen LogP) is 4.88. The van der Waals surface area contributed by atoms with E-state index in [-0.39, 0.29) is 5.91 Å². The number of amides is 1. The maximum atomic E-state index is 12.8. The van der Waals surface area contributed by atoms with Crippen LogP contribution in [0.15, 0.2) is 42.5 Å². The molecule has 1 aliphatic heterocycles. The molecule has 5 nitrogen and oxygen atoms in total. The van der Waals surface area contributed by atoms with Gasteiger partial charge in [-0.05, 0) is 82.4 Å². The molecule has 2 heterocycles. The van der Waals surface area contributed by atoms with Gasteiger partial charge in [0.05, 0.1) is 11.4 Å². The summed E-state index contributed by atoms with van der Waals surface area (Å²) in [6, 6.07) is 13.6. The second kappa shape index (κ2) is 7.80. The lowest BCUT2D eigenvalue weighted by Gasteiger charge is -2.29. The molecule has 1 N–H and O–H groups in total. The van der Waals surface area contributed by atoms with Crippen molar-refractivity contribution < 1.29 is 4.79 Å². The van der Waals surface area contributed by atoms with Crippen molar-refractivity contribution in [2.45, 2.75) is 44.4 Å². The molecule has 5 rings (SSSR count). The molecule has 0 unspecified atom stereocenters. The van der Waals surface area contributed by atoms with Crippen LogP contribution in [0.4, 0.5) is 5.69 Å². The first-order valence-electron chi connectivity index (χ1n) is 11.0. The van der Waals surface area contributed by atoms with Crippen LogP contribution in [-0.2, 0) is 0 Å². The SMILES string of the molecule is Cc1nnc(C2CCN(C)CC2)c2ccc(NC(=O)c3ccccc3)c(C3CC3)c12. The summed E-state index contributed by atoms with van der Waals surface area (Å²) in [6.45, 7) is 4.24. The highest BCUT2D eigenvalue weighted by Gasteiger charge is 2.31. The van der Waals surface area contributed by atoms with Gasteiger partial charge in [0.2, 0.25) is 0 Å². The predicted molar refractivity (Wildman–Crippen MR) is 120 cm³/mol. The monoisotopic (exact) mass is 400 g/mol. The van der Waals surface area contributed by atoms with Gasteiger partial charge in [-0.25, -0.2) is 0 Å². The van der Waals surface area contributed by atoms with Crippen molar-refractivity contribution in [3.63, 3.8) is 0 Å². The number of fused-ring (bicyclic) bond motifs is 1. The summed E-state index contributed by atoms with van der Waals surface area (Å²) in [5.41, 5.74) is 4.93. The first kappa shape index (κ1) is 19.2. The van der Waals surface area contributed by atoms with Crippen LogP contribution in [0.5, 0.6) is 0 Å². The molecule has 0 radical (unpaired) electrons. The van der Waals surface area contributed by atoms with Crippen LogP contribution in [0.1, 0.15) is 64.8 Å². The molecule has 2 aliphatic rings. The molecule has 2 aromatic carbocycles. The van der Waals surface area contributed by atoms with Gasteiger partial charge in [0, 0.05) is 27.9 Å². The summed E-state index contributed by atoms with van der Waals surface area (Å²) < 4.78 is 0. The minimum atomic E-state index is -0.0629. The molecule has 1 aromatic heterocycles. The lowest BCUT2D eigenvalue weighted by molar-refractivity contribution is 0.102. The number of piperidine rings is 1. The average Bonchev–Trinajstić information content (AvgIpc) is 3.60. The van der Waals surface area contributed by atoms with E-state index < -0.39 is 0 Å². The van der Waals surface area contributed by atoms with Gasteiger partial charge in [-0.15, -0.1) is 0 Å². The van der Waals surface area contributed by atoms with E-state index >= 15 is 0 Å². The standard InChI is InChI=1S/C25H28N4O/c1-16-22-20(24(28-27-16)18-12-14-29(2)15-13-18)10-11-21(23(22)17-8-9-17)26-25(30)19-6-4-3-5-7-19/h3-7,10-11,17-18H,8-9,12-15H2,1-2H3,(H,26,30). The second-order valence-electron chi connectivity index (χ2n) is 8.79. The molecular formula is C25H28N4O. The Hall–Kier alpha value is -2.79. The number of nitrogens with zero attached hydrogens (tertiary/aromatic N) is 3. The summed E-state index contributed by atoms with van der Waals surface area (Å²) in [6.07, 6.45) is 4.57. The largest absolute Gasteiger partial charge is 0.322 e. The Morgan fingerprint density at radius 2 is 1.70 bits per heavy atom. The van der Waals surface area contributed by atoms with Gasteiger partial charge in [0.15, 0.2) is 0 Å². The number of aryl methyl sites for hydroxylation is 1. The second-order valence-corrected chi connectivity index (χ2v) is 8.79. The molecule has 0 spiro atoms. The molecule has 154 valence electrons. The zero-order valence-corrected chi connectivity index (χ0v) is 17.7. The highest BCUT2D eigenvalue weighted by Crippen LogP contribution is 2.48. The fourth-order valence-corrected chi connectivity index (χ4v) is 4.73. The zero-order chi connectivity index (χ0) is 20.7. The topological polar surface area (TPSA) is 58.1 Å². The van der Waals surface area contributed by atoms with Crippen molar-refractivity contribution in [3.8, 4) is 0 Å². The number of anilines is 1. The van der Waals surface area contributed by atoms with Crippen molar-refractivity contribution in [1.82, 2.24) is 15.1 Å². The highest BCUT2D eigenvalue weighted by molar-refractivity contribution is 6.06. The van der Waals surface area contributed by atoms with Gasteiger partial charge in [0.1, 0.15) is 0 Å². The van der Waals surface area contributed by atoms with E-state index in [0.717, 1.165) is 43.0 Å². The third-order valence-electron chi connectivity index (χ3n) is 6.57. The maximum absolute atomic E-state index is 12.8. The number of hydrogen-bond donors (Lipinski definition) is 1. The lowest BCUT2D eigenvalue weighted by atomic mass is 9.88. The Morgan fingerprint density at radius 3 is 2.40 bits per heavy atom. The number of likely N-dealkylation sites (tertiary alicyclic amines) is 1. The summed E-state index contributed by atoms with van der Waals surface area (Å²) in [5.74, 6) is 0.883.